The lowest BCUT2D eigenvalue weighted by Crippen LogP contribution is -2.36. The fourth-order valence-electron chi connectivity index (χ4n) is 3.69. The van der Waals surface area contributed by atoms with Crippen molar-refractivity contribution in [2.24, 2.45) is 23.2 Å². The van der Waals surface area contributed by atoms with Gasteiger partial charge < -0.3 is 0 Å². The van der Waals surface area contributed by atoms with Crippen LogP contribution in [-0.2, 0) is 0 Å². The highest BCUT2D eigenvalue weighted by Crippen LogP contribution is 2.48. The monoisotopic (exact) mass is 182 g/mol. The maximum atomic E-state index is 2.47. The van der Waals surface area contributed by atoms with Gasteiger partial charge in [-0.15, -0.1) is 0 Å². The number of rotatable bonds is 2. The second-order valence-electron chi connectivity index (χ2n) is 5.91. The van der Waals surface area contributed by atoms with Crippen LogP contribution in [0.25, 0.3) is 0 Å². The van der Waals surface area contributed by atoms with Gasteiger partial charge in [0.05, 0.1) is 0 Å². The third-order valence-corrected chi connectivity index (χ3v) is 3.94. The molecule has 1 rings (SSSR count). The molecule has 0 heterocycles. The predicted molar refractivity (Wildman–Crippen MR) is 59.7 cm³/mol. The van der Waals surface area contributed by atoms with Crippen molar-refractivity contribution in [1.82, 2.24) is 0 Å². The van der Waals surface area contributed by atoms with Crippen LogP contribution in [0.4, 0.5) is 0 Å². The molecule has 0 aromatic carbocycles. The molecule has 1 fully saturated rings. The summed E-state index contributed by atoms with van der Waals surface area (Å²) in [7, 11) is 0. The summed E-state index contributed by atoms with van der Waals surface area (Å²) in [5, 5.41) is 0. The Hall–Kier alpha value is 0. The summed E-state index contributed by atoms with van der Waals surface area (Å²) in [4.78, 5) is 0. The van der Waals surface area contributed by atoms with Crippen molar-refractivity contribution < 1.29 is 0 Å². The topological polar surface area (TPSA) is 0 Å². The van der Waals surface area contributed by atoms with E-state index in [0.29, 0.717) is 5.41 Å². The number of hydrogen-bond acceptors (Lipinski definition) is 0. The van der Waals surface area contributed by atoms with Crippen molar-refractivity contribution in [1.29, 1.82) is 0 Å². The molecular weight excluding hydrogens is 156 g/mol. The maximum absolute atomic E-state index is 2.47. The lowest BCUT2D eigenvalue weighted by molar-refractivity contribution is 0.0443. The fraction of sp³-hybridized carbons (Fsp3) is 1.00. The Morgan fingerprint density at radius 3 is 2.31 bits per heavy atom. The normalized spacial score (nSPS) is 39.0. The fourth-order valence-corrected chi connectivity index (χ4v) is 3.69. The molecule has 3 atom stereocenters. The minimum absolute atomic E-state index is 0.590. The smallest absolute Gasteiger partial charge is 0.0321 e. The van der Waals surface area contributed by atoms with E-state index in [9.17, 15) is 0 Å². The van der Waals surface area contributed by atoms with Crippen LogP contribution in [0.3, 0.4) is 0 Å². The summed E-state index contributed by atoms with van der Waals surface area (Å²) in [6, 6.07) is 0. The summed E-state index contributed by atoms with van der Waals surface area (Å²) in [5.74, 6) is 2.85. The first-order chi connectivity index (χ1) is 5.97. The van der Waals surface area contributed by atoms with Crippen molar-refractivity contribution in [3.8, 4) is 0 Å². The van der Waals surface area contributed by atoms with Gasteiger partial charge in [-0.1, -0.05) is 41.0 Å². The zero-order chi connectivity index (χ0) is 10.1. The molecule has 0 heteroatoms. The highest BCUT2D eigenvalue weighted by molar-refractivity contribution is 4.88. The lowest BCUT2D eigenvalue weighted by Gasteiger charge is -2.46. The van der Waals surface area contributed by atoms with Gasteiger partial charge in [-0.05, 0) is 42.4 Å². The van der Waals surface area contributed by atoms with Gasteiger partial charge in [0.15, 0.2) is 0 Å². The minimum atomic E-state index is 0.590. The summed E-state index contributed by atoms with van der Waals surface area (Å²) >= 11 is 0. The molecule has 1 aliphatic rings. The van der Waals surface area contributed by atoms with E-state index in [-0.39, 0.29) is 0 Å². The maximum Gasteiger partial charge on any atom is -0.0321 e. The van der Waals surface area contributed by atoms with E-state index in [1.807, 2.05) is 0 Å². The molecule has 3 unspecified atom stereocenters. The summed E-state index contributed by atoms with van der Waals surface area (Å²) in [6.45, 7) is 12.1. The Morgan fingerprint density at radius 1 is 1.23 bits per heavy atom. The quantitative estimate of drug-likeness (QED) is 0.590. The van der Waals surface area contributed by atoms with Gasteiger partial charge in [-0.3, -0.25) is 0 Å². The summed E-state index contributed by atoms with van der Waals surface area (Å²) in [5.41, 5.74) is 0.590. The average Bonchev–Trinajstić information content (AvgIpc) is 1.95. The summed E-state index contributed by atoms with van der Waals surface area (Å²) < 4.78 is 0. The van der Waals surface area contributed by atoms with Gasteiger partial charge >= 0.3 is 0 Å². The molecule has 78 valence electrons. The van der Waals surface area contributed by atoms with Gasteiger partial charge in [0.2, 0.25) is 0 Å². The molecule has 0 N–H and O–H groups in total. The molecule has 0 aromatic rings. The van der Waals surface area contributed by atoms with Gasteiger partial charge in [-0.2, -0.15) is 0 Å². The van der Waals surface area contributed by atoms with Crippen LogP contribution in [0.1, 0.15) is 60.3 Å². The van der Waals surface area contributed by atoms with E-state index in [1.54, 1.807) is 0 Å². The second kappa shape index (κ2) is 4.02. The molecule has 0 aromatic heterocycles. The molecule has 0 spiro atoms. The molecule has 0 aliphatic heterocycles. The Morgan fingerprint density at radius 2 is 1.85 bits per heavy atom. The van der Waals surface area contributed by atoms with Crippen molar-refractivity contribution >= 4 is 0 Å². The summed E-state index contributed by atoms with van der Waals surface area (Å²) in [6.07, 6.45) is 5.67. The number of hydrogen-bond donors (Lipinski definition) is 0. The van der Waals surface area contributed by atoms with Crippen LogP contribution < -0.4 is 0 Å². The zero-order valence-corrected chi connectivity index (χ0v) is 10.1. The van der Waals surface area contributed by atoms with Crippen LogP contribution in [0.5, 0.6) is 0 Å². The predicted octanol–water partition coefficient (Wildman–Crippen LogP) is 4.49. The Labute approximate surface area is 84.1 Å². The van der Waals surface area contributed by atoms with E-state index in [2.05, 4.69) is 34.6 Å². The van der Waals surface area contributed by atoms with Crippen molar-refractivity contribution in [2.45, 2.75) is 60.3 Å². The van der Waals surface area contributed by atoms with Crippen molar-refractivity contribution in [3.05, 3.63) is 0 Å². The van der Waals surface area contributed by atoms with Crippen molar-refractivity contribution in [3.63, 3.8) is 0 Å². The highest BCUT2D eigenvalue weighted by Gasteiger charge is 2.38. The second-order valence-corrected chi connectivity index (χ2v) is 5.91. The third-order valence-electron chi connectivity index (χ3n) is 3.94. The first kappa shape index (κ1) is 11.1. The van der Waals surface area contributed by atoms with E-state index in [0.717, 1.165) is 17.8 Å². The van der Waals surface area contributed by atoms with Gasteiger partial charge in [0, 0.05) is 0 Å². The van der Waals surface area contributed by atoms with E-state index >= 15 is 0 Å². The molecular formula is C13H26. The van der Waals surface area contributed by atoms with E-state index in [4.69, 9.17) is 0 Å². The molecule has 1 saturated carbocycles. The standard InChI is InChI=1S/C13H26/c1-6-7-12-11(3)8-10(2)9-13(12,4)5/h10-12H,6-9H2,1-5H3. The van der Waals surface area contributed by atoms with Crippen LogP contribution in [-0.4, -0.2) is 0 Å². The van der Waals surface area contributed by atoms with Crippen LogP contribution >= 0.6 is 0 Å². The Kier molecular flexibility index (Phi) is 3.43. The van der Waals surface area contributed by atoms with Gasteiger partial charge in [0.1, 0.15) is 0 Å². The SMILES string of the molecule is CCCC1C(C)CC(C)CC1(C)C. The molecule has 0 radical (unpaired) electrons. The average molecular weight is 182 g/mol. The van der Waals surface area contributed by atoms with E-state index < -0.39 is 0 Å². The lowest BCUT2D eigenvalue weighted by atomic mass is 9.60. The Bertz CT molecular complexity index is 157. The molecule has 0 bridgehead atoms. The van der Waals surface area contributed by atoms with Gasteiger partial charge in [-0.25, -0.2) is 0 Å². The third kappa shape index (κ3) is 2.48. The molecule has 13 heavy (non-hydrogen) atoms. The van der Waals surface area contributed by atoms with Gasteiger partial charge in [0.25, 0.3) is 0 Å². The van der Waals surface area contributed by atoms with Crippen LogP contribution in [0.15, 0.2) is 0 Å². The molecule has 0 saturated heterocycles. The minimum Gasteiger partial charge on any atom is -0.0654 e. The highest BCUT2D eigenvalue weighted by atomic mass is 14.4. The van der Waals surface area contributed by atoms with Crippen LogP contribution in [0, 0.1) is 23.2 Å². The molecule has 0 amide bonds. The molecule has 0 nitrogen and oxygen atoms in total. The molecule has 1 aliphatic carbocycles. The van der Waals surface area contributed by atoms with Crippen LogP contribution in [0.2, 0.25) is 0 Å². The van der Waals surface area contributed by atoms with E-state index in [1.165, 1.54) is 25.7 Å². The van der Waals surface area contributed by atoms with Crippen molar-refractivity contribution in [2.75, 3.05) is 0 Å². The first-order valence-electron chi connectivity index (χ1n) is 5.97. The first-order valence-corrected chi connectivity index (χ1v) is 5.97. The zero-order valence-electron chi connectivity index (χ0n) is 10.1. The Balaban J connectivity index is 2.67. The largest absolute Gasteiger partial charge is 0.0654 e.